The number of nitrogens with zero attached hydrogens (tertiary/aromatic N) is 1. The molecule has 1 aromatic rings. The standard InChI is InChI=1S/C14H19NO3S/c1-9-8-15(6-5-12(9)14(17)18)13(16)7-11-4-3-10(2)19-11/h3-4,9,12H,5-8H2,1-2H3,(H,17,18). The molecule has 2 unspecified atom stereocenters. The van der Waals surface area contributed by atoms with E-state index in [4.69, 9.17) is 5.11 Å². The molecule has 4 nitrogen and oxygen atoms in total. The lowest BCUT2D eigenvalue weighted by Gasteiger charge is -2.34. The Morgan fingerprint density at radius 1 is 1.47 bits per heavy atom. The van der Waals surface area contributed by atoms with Crippen molar-refractivity contribution in [3.8, 4) is 0 Å². The Morgan fingerprint density at radius 3 is 2.74 bits per heavy atom. The van der Waals surface area contributed by atoms with E-state index in [1.54, 1.807) is 16.2 Å². The molecule has 0 bridgehead atoms. The minimum atomic E-state index is -0.742. The number of hydrogen-bond donors (Lipinski definition) is 1. The van der Waals surface area contributed by atoms with Crippen molar-refractivity contribution in [2.45, 2.75) is 26.7 Å². The van der Waals surface area contributed by atoms with Crippen molar-refractivity contribution >= 4 is 23.2 Å². The largest absolute Gasteiger partial charge is 0.481 e. The maximum Gasteiger partial charge on any atom is 0.306 e. The van der Waals surface area contributed by atoms with Gasteiger partial charge in [0.2, 0.25) is 5.91 Å². The van der Waals surface area contributed by atoms with E-state index >= 15 is 0 Å². The first-order valence-corrected chi connectivity index (χ1v) is 7.35. The molecule has 1 aromatic heterocycles. The van der Waals surface area contributed by atoms with Gasteiger partial charge in [0.15, 0.2) is 0 Å². The van der Waals surface area contributed by atoms with Gasteiger partial charge in [-0.3, -0.25) is 9.59 Å². The second-order valence-corrected chi connectivity index (χ2v) is 6.61. The summed E-state index contributed by atoms with van der Waals surface area (Å²) < 4.78 is 0. The number of rotatable bonds is 3. The van der Waals surface area contributed by atoms with Crippen LogP contribution in [0.25, 0.3) is 0 Å². The molecule has 5 heteroatoms. The zero-order valence-corrected chi connectivity index (χ0v) is 12.1. The van der Waals surface area contributed by atoms with Crippen molar-refractivity contribution in [3.05, 3.63) is 21.9 Å². The summed E-state index contributed by atoms with van der Waals surface area (Å²) in [5.74, 6) is -0.917. The molecule has 0 radical (unpaired) electrons. The van der Waals surface area contributed by atoms with E-state index in [2.05, 4.69) is 0 Å². The molecule has 0 aromatic carbocycles. The van der Waals surface area contributed by atoms with Gasteiger partial charge in [-0.25, -0.2) is 0 Å². The van der Waals surface area contributed by atoms with Crippen LogP contribution in [0.1, 0.15) is 23.1 Å². The molecular weight excluding hydrogens is 262 g/mol. The summed E-state index contributed by atoms with van der Waals surface area (Å²) in [6.07, 6.45) is 0.995. The number of carboxylic acids is 1. The Bertz CT molecular complexity index is 483. The van der Waals surface area contributed by atoms with Crippen LogP contribution in [0.3, 0.4) is 0 Å². The summed E-state index contributed by atoms with van der Waals surface area (Å²) in [5, 5.41) is 9.07. The molecule has 0 spiro atoms. The highest BCUT2D eigenvalue weighted by Gasteiger charge is 2.32. The first kappa shape index (κ1) is 14.1. The zero-order chi connectivity index (χ0) is 14.0. The normalized spacial score (nSPS) is 23.4. The molecule has 2 heterocycles. The molecule has 0 aliphatic carbocycles. The number of thiophene rings is 1. The monoisotopic (exact) mass is 281 g/mol. The number of amides is 1. The lowest BCUT2D eigenvalue weighted by atomic mass is 9.87. The van der Waals surface area contributed by atoms with Crippen LogP contribution in [-0.2, 0) is 16.0 Å². The van der Waals surface area contributed by atoms with Crippen LogP contribution < -0.4 is 0 Å². The fraction of sp³-hybridized carbons (Fsp3) is 0.571. The van der Waals surface area contributed by atoms with Crippen molar-refractivity contribution in [2.24, 2.45) is 11.8 Å². The van der Waals surface area contributed by atoms with Gasteiger partial charge in [0, 0.05) is 22.8 Å². The Balaban J connectivity index is 1.93. The van der Waals surface area contributed by atoms with Crippen LogP contribution in [0, 0.1) is 18.8 Å². The number of aryl methyl sites for hydroxylation is 1. The van der Waals surface area contributed by atoms with Crippen LogP contribution in [0.15, 0.2) is 12.1 Å². The van der Waals surface area contributed by atoms with Crippen LogP contribution >= 0.6 is 11.3 Å². The Labute approximate surface area is 117 Å². The first-order valence-electron chi connectivity index (χ1n) is 6.53. The summed E-state index contributed by atoms with van der Waals surface area (Å²) >= 11 is 1.64. The van der Waals surface area contributed by atoms with Crippen molar-refractivity contribution in [2.75, 3.05) is 13.1 Å². The average Bonchev–Trinajstić information content (AvgIpc) is 2.74. The summed E-state index contributed by atoms with van der Waals surface area (Å²) in [4.78, 5) is 27.3. The number of likely N-dealkylation sites (tertiary alicyclic amines) is 1. The molecule has 104 valence electrons. The Hall–Kier alpha value is -1.36. The smallest absolute Gasteiger partial charge is 0.306 e. The molecular formula is C14H19NO3S. The number of carbonyl (C=O) groups excluding carboxylic acids is 1. The predicted octanol–water partition coefficient (Wildman–Crippen LogP) is 2.17. The second kappa shape index (κ2) is 5.74. The highest BCUT2D eigenvalue weighted by molar-refractivity contribution is 7.12. The third kappa shape index (κ3) is 3.35. The van der Waals surface area contributed by atoms with Crippen LogP contribution in [0.4, 0.5) is 0 Å². The van der Waals surface area contributed by atoms with Gasteiger partial charge in [-0.15, -0.1) is 11.3 Å². The second-order valence-electron chi connectivity index (χ2n) is 5.24. The van der Waals surface area contributed by atoms with E-state index in [0.717, 1.165) is 4.88 Å². The Kier molecular flexibility index (Phi) is 4.24. The number of carboxylic acid groups (broad SMARTS) is 1. The van der Waals surface area contributed by atoms with E-state index < -0.39 is 5.97 Å². The molecule has 1 fully saturated rings. The SMILES string of the molecule is Cc1ccc(CC(=O)N2CCC(C(=O)O)C(C)C2)s1. The third-order valence-corrected chi connectivity index (χ3v) is 4.70. The summed E-state index contributed by atoms with van der Waals surface area (Å²) in [6.45, 7) is 5.05. The molecule has 2 atom stereocenters. The lowest BCUT2D eigenvalue weighted by Crippen LogP contribution is -2.45. The molecule has 1 N–H and O–H groups in total. The summed E-state index contributed by atoms with van der Waals surface area (Å²) in [5.41, 5.74) is 0. The van der Waals surface area contributed by atoms with Gasteiger partial charge in [-0.1, -0.05) is 6.92 Å². The van der Waals surface area contributed by atoms with E-state index in [0.29, 0.717) is 25.9 Å². The van der Waals surface area contributed by atoms with Gasteiger partial charge in [0.1, 0.15) is 0 Å². The molecule has 1 aliphatic rings. The Morgan fingerprint density at radius 2 is 2.21 bits per heavy atom. The highest BCUT2D eigenvalue weighted by Crippen LogP contribution is 2.24. The van der Waals surface area contributed by atoms with Gasteiger partial charge in [-0.2, -0.15) is 0 Å². The fourth-order valence-electron chi connectivity index (χ4n) is 2.58. The number of piperidine rings is 1. The molecule has 19 heavy (non-hydrogen) atoms. The van der Waals surface area contributed by atoms with Crippen molar-refractivity contribution < 1.29 is 14.7 Å². The third-order valence-electron chi connectivity index (χ3n) is 3.70. The van der Waals surface area contributed by atoms with Crippen LogP contribution in [-0.4, -0.2) is 35.0 Å². The van der Waals surface area contributed by atoms with Crippen LogP contribution in [0.5, 0.6) is 0 Å². The van der Waals surface area contributed by atoms with Crippen molar-refractivity contribution in [1.82, 2.24) is 4.90 Å². The molecule has 1 aliphatic heterocycles. The topological polar surface area (TPSA) is 57.6 Å². The first-order chi connectivity index (χ1) is 8.97. The predicted molar refractivity (Wildman–Crippen MR) is 74.2 cm³/mol. The van der Waals surface area contributed by atoms with Gasteiger partial charge in [0.05, 0.1) is 12.3 Å². The molecule has 1 saturated heterocycles. The van der Waals surface area contributed by atoms with Gasteiger partial charge >= 0.3 is 5.97 Å². The lowest BCUT2D eigenvalue weighted by molar-refractivity contribution is -0.148. The number of aliphatic carboxylic acids is 1. The van der Waals surface area contributed by atoms with Crippen LogP contribution in [0.2, 0.25) is 0 Å². The van der Waals surface area contributed by atoms with Gasteiger partial charge in [0.25, 0.3) is 0 Å². The quantitative estimate of drug-likeness (QED) is 0.923. The minimum Gasteiger partial charge on any atom is -0.481 e. The number of carbonyl (C=O) groups is 2. The van der Waals surface area contributed by atoms with E-state index in [1.165, 1.54) is 4.88 Å². The summed E-state index contributed by atoms with van der Waals surface area (Å²) in [6, 6.07) is 4.01. The molecule has 0 saturated carbocycles. The van der Waals surface area contributed by atoms with Crippen molar-refractivity contribution in [1.29, 1.82) is 0 Å². The van der Waals surface area contributed by atoms with E-state index in [1.807, 2.05) is 26.0 Å². The number of hydrogen-bond acceptors (Lipinski definition) is 3. The molecule has 1 amide bonds. The minimum absolute atomic E-state index is 0.0280. The summed E-state index contributed by atoms with van der Waals surface area (Å²) in [7, 11) is 0. The maximum absolute atomic E-state index is 12.2. The van der Waals surface area contributed by atoms with Gasteiger partial charge in [-0.05, 0) is 31.4 Å². The van der Waals surface area contributed by atoms with Crippen molar-refractivity contribution in [3.63, 3.8) is 0 Å². The highest BCUT2D eigenvalue weighted by atomic mass is 32.1. The average molecular weight is 281 g/mol. The van der Waals surface area contributed by atoms with E-state index in [-0.39, 0.29) is 17.7 Å². The van der Waals surface area contributed by atoms with Gasteiger partial charge < -0.3 is 10.0 Å². The fourth-order valence-corrected chi connectivity index (χ4v) is 3.46. The zero-order valence-electron chi connectivity index (χ0n) is 11.3. The maximum atomic E-state index is 12.2. The molecule has 2 rings (SSSR count). The van der Waals surface area contributed by atoms with E-state index in [9.17, 15) is 9.59 Å².